The van der Waals surface area contributed by atoms with E-state index in [1.807, 2.05) is 0 Å². The van der Waals surface area contributed by atoms with Crippen molar-refractivity contribution in [2.75, 3.05) is 0 Å². The first-order valence-electron chi connectivity index (χ1n) is 5.63. The zero-order valence-electron chi connectivity index (χ0n) is 9.72. The Bertz CT molecular complexity index is 810. The van der Waals surface area contributed by atoms with Crippen LogP contribution in [0, 0.1) is 0 Å². The van der Waals surface area contributed by atoms with Gasteiger partial charge in [-0.1, -0.05) is 23.7 Å². The van der Waals surface area contributed by atoms with Crippen LogP contribution in [0.5, 0.6) is 5.75 Å². The molecule has 2 N–H and O–H groups in total. The van der Waals surface area contributed by atoms with Gasteiger partial charge < -0.3 is 10.1 Å². The van der Waals surface area contributed by atoms with E-state index < -0.39 is 5.43 Å². The van der Waals surface area contributed by atoms with Crippen molar-refractivity contribution in [1.29, 1.82) is 0 Å². The van der Waals surface area contributed by atoms with Crippen molar-refractivity contribution in [3.05, 3.63) is 57.8 Å². The topological polar surface area (TPSA) is 66.0 Å². The molecule has 0 aliphatic rings. The lowest BCUT2D eigenvalue weighted by molar-refractivity contribution is 0.471. The number of H-pyrrole nitrogens is 1. The van der Waals surface area contributed by atoms with Gasteiger partial charge >= 0.3 is 0 Å². The van der Waals surface area contributed by atoms with Crippen molar-refractivity contribution in [1.82, 2.24) is 9.97 Å². The van der Waals surface area contributed by atoms with Crippen LogP contribution in [0.25, 0.3) is 22.3 Å². The summed E-state index contributed by atoms with van der Waals surface area (Å²) in [5, 5.41) is 11.0. The lowest BCUT2D eigenvalue weighted by atomic mass is 10.1. The largest absolute Gasteiger partial charge is 0.503 e. The fourth-order valence-corrected chi connectivity index (χ4v) is 2.06. The molecule has 3 aromatic rings. The Hall–Kier alpha value is -2.33. The molecule has 5 heteroatoms. The van der Waals surface area contributed by atoms with Gasteiger partial charge in [0, 0.05) is 16.8 Å². The van der Waals surface area contributed by atoms with Crippen LogP contribution in [0.15, 0.2) is 47.4 Å². The Morgan fingerprint density at radius 3 is 2.63 bits per heavy atom. The van der Waals surface area contributed by atoms with Crippen molar-refractivity contribution < 1.29 is 5.11 Å². The highest BCUT2D eigenvalue weighted by Gasteiger charge is 2.12. The molecule has 19 heavy (non-hydrogen) atoms. The van der Waals surface area contributed by atoms with E-state index in [1.165, 1.54) is 0 Å². The first-order valence-corrected chi connectivity index (χ1v) is 6.00. The Morgan fingerprint density at radius 2 is 1.89 bits per heavy atom. The van der Waals surface area contributed by atoms with Gasteiger partial charge in [0.2, 0.25) is 5.43 Å². The second-order valence-electron chi connectivity index (χ2n) is 4.08. The summed E-state index contributed by atoms with van der Waals surface area (Å²) >= 11 is 5.82. The summed E-state index contributed by atoms with van der Waals surface area (Å²) in [5.74, 6) is -0.317. The number of hydrogen-bond acceptors (Lipinski definition) is 3. The number of nitrogens with zero attached hydrogens (tertiary/aromatic N) is 1. The molecule has 94 valence electrons. The predicted molar refractivity (Wildman–Crippen MR) is 74.5 cm³/mol. The average Bonchev–Trinajstić information content (AvgIpc) is 2.44. The normalized spacial score (nSPS) is 10.8. The van der Waals surface area contributed by atoms with Crippen molar-refractivity contribution >= 4 is 22.6 Å². The summed E-state index contributed by atoms with van der Waals surface area (Å²) in [4.78, 5) is 19.1. The summed E-state index contributed by atoms with van der Waals surface area (Å²) < 4.78 is 0. The van der Waals surface area contributed by atoms with E-state index in [2.05, 4.69) is 9.97 Å². The molecule has 2 heterocycles. The summed E-state index contributed by atoms with van der Waals surface area (Å²) in [6.45, 7) is 0. The van der Waals surface area contributed by atoms with Gasteiger partial charge in [-0.3, -0.25) is 4.79 Å². The molecule has 0 unspecified atom stereocenters. The number of aromatic hydroxyl groups is 1. The highest BCUT2D eigenvalue weighted by Crippen LogP contribution is 2.26. The molecular weight excluding hydrogens is 264 g/mol. The molecule has 0 fully saturated rings. The molecular formula is C14H9ClN2O2. The van der Waals surface area contributed by atoms with E-state index >= 15 is 0 Å². The van der Waals surface area contributed by atoms with Gasteiger partial charge in [0.25, 0.3) is 0 Å². The van der Waals surface area contributed by atoms with Crippen molar-refractivity contribution in [2.24, 2.45) is 0 Å². The Labute approximate surface area is 113 Å². The number of benzene rings is 1. The third kappa shape index (κ3) is 1.96. The van der Waals surface area contributed by atoms with Crippen LogP contribution < -0.4 is 5.43 Å². The maximum Gasteiger partial charge on any atom is 0.233 e. The van der Waals surface area contributed by atoms with Crippen LogP contribution in [0.4, 0.5) is 0 Å². The van der Waals surface area contributed by atoms with E-state index in [4.69, 9.17) is 11.6 Å². The zero-order valence-corrected chi connectivity index (χ0v) is 10.5. The predicted octanol–water partition coefficient (Wildman–Crippen LogP) is 2.95. The minimum atomic E-state index is -0.438. The number of halogens is 1. The van der Waals surface area contributed by atoms with Crippen LogP contribution in [0.2, 0.25) is 5.02 Å². The zero-order chi connectivity index (χ0) is 13.4. The fourth-order valence-electron chi connectivity index (χ4n) is 1.93. The number of fused-ring (bicyclic) bond motifs is 1. The highest BCUT2D eigenvalue weighted by molar-refractivity contribution is 6.30. The van der Waals surface area contributed by atoms with Gasteiger partial charge in [0.05, 0.1) is 11.1 Å². The fraction of sp³-hybridized carbons (Fsp3) is 0. The third-order valence-electron chi connectivity index (χ3n) is 2.88. The van der Waals surface area contributed by atoms with Crippen LogP contribution in [-0.2, 0) is 0 Å². The lowest BCUT2D eigenvalue weighted by Crippen LogP contribution is -2.05. The summed E-state index contributed by atoms with van der Waals surface area (Å²) in [6.07, 6.45) is 1.58. The number of aromatic amines is 1. The average molecular weight is 273 g/mol. The highest BCUT2D eigenvalue weighted by atomic mass is 35.5. The molecule has 2 aromatic heterocycles. The monoisotopic (exact) mass is 272 g/mol. The second-order valence-corrected chi connectivity index (χ2v) is 4.52. The van der Waals surface area contributed by atoms with E-state index in [-0.39, 0.29) is 5.75 Å². The van der Waals surface area contributed by atoms with Gasteiger partial charge in [0.15, 0.2) is 5.75 Å². The minimum absolute atomic E-state index is 0.317. The Morgan fingerprint density at radius 1 is 1.16 bits per heavy atom. The van der Waals surface area contributed by atoms with Crippen molar-refractivity contribution in [3.63, 3.8) is 0 Å². The first-order chi connectivity index (χ1) is 9.16. The molecule has 0 atom stereocenters. The maximum atomic E-state index is 12.1. The molecule has 4 nitrogen and oxygen atoms in total. The minimum Gasteiger partial charge on any atom is -0.503 e. The standard InChI is InChI=1S/C14H9ClN2O2/c15-9-5-3-8(4-6-9)11-13(19)12(18)10-2-1-7-16-14(10)17-11/h1-7,19H,(H,16,17,18). The van der Waals surface area contributed by atoms with Crippen LogP contribution >= 0.6 is 11.6 Å². The molecule has 0 radical (unpaired) electrons. The van der Waals surface area contributed by atoms with E-state index in [0.717, 1.165) is 0 Å². The summed E-state index contributed by atoms with van der Waals surface area (Å²) in [5.41, 5.74) is 1.02. The first kappa shape index (κ1) is 11.7. The molecule has 0 saturated heterocycles. The van der Waals surface area contributed by atoms with Crippen molar-refractivity contribution in [2.45, 2.75) is 0 Å². The number of aromatic nitrogens is 2. The Kier molecular flexibility index (Phi) is 2.72. The lowest BCUT2D eigenvalue weighted by Gasteiger charge is -2.06. The van der Waals surface area contributed by atoms with Gasteiger partial charge in [-0.25, -0.2) is 4.98 Å². The third-order valence-corrected chi connectivity index (χ3v) is 3.13. The number of pyridine rings is 2. The van der Waals surface area contributed by atoms with Gasteiger partial charge in [0.1, 0.15) is 5.65 Å². The Balaban J connectivity index is 2.33. The molecule has 0 amide bonds. The summed E-state index contributed by atoms with van der Waals surface area (Å²) in [6, 6.07) is 10.1. The molecule has 0 spiro atoms. The maximum absolute atomic E-state index is 12.1. The summed E-state index contributed by atoms with van der Waals surface area (Å²) in [7, 11) is 0. The number of hydrogen-bond donors (Lipinski definition) is 2. The van der Waals surface area contributed by atoms with Crippen LogP contribution in [0.1, 0.15) is 0 Å². The van der Waals surface area contributed by atoms with Crippen LogP contribution in [-0.4, -0.2) is 15.1 Å². The van der Waals surface area contributed by atoms with E-state index in [0.29, 0.717) is 27.3 Å². The quantitative estimate of drug-likeness (QED) is 0.716. The van der Waals surface area contributed by atoms with E-state index in [9.17, 15) is 9.90 Å². The SMILES string of the molecule is O=c1c(O)c(-c2ccc(Cl)cc2)[nH]c2ncccc12. The van der Waals surface area contributed by atoms with Gasteiger partial charge in [-0.05, 0) is 24.3 Å². The molecule has 0 aliphatic carbocycles. The van der Waals surface area contributed by atoms with Gasteiger partial charge in [-0.15, -0.1) is 0 Å². The number of rotatable bonds is 1. The van der Waals surface area contributed by atoms with Gasteiger partial charge in [-0.2, -0.15) is 0 Å². The van der Waals surface area contributed by atoms with Crippen molar-refractivity contribution in [3.8, 4) is 17.0 Å². The smallest absolute Gasteiger partial charge is 0.233 e. The molecule has 0 bridgehead atoms. The second kappa shape index (κ2) is 4.40. The number of nitrogens with one attached hydrogen (secondary N) is 1. The van der Waals surface area contributed by atoms with Crippen LogP contribution in [0.3, 0.4) is 0 Å². The van der Waals surface area contributed by atoms with E-state index in [1.54, 1.807) is 42.6 Å². The molecule has 0 aliphatic heterocycles. The molecule has 0 saturated carbocycles. The molecule has 3 rings (SSSR count). The molecule has 1 aromatic carbocycles.